The first-order valence-corrected chi connectivity index (χ1v) is 7.57. The number of nitrogens with two attached hydrogens (primary N) is 1. The van der Waals surface area contributed by atoms with Crippen LogP contribution in [0.25, 0.3) is 0 Å². The number of aromatic nitrogens is 2. The van der Waals surface area contributed by atoms with Crippen molar-refractivity contribution in [2.75, 3.05) is 11.1 Å². The average molecular weight is 282 g/mol. The third-order valence-corrected chi connectivity index (χ3v) is 4.08. The molecule has 0 amide bonds. The average Bonchev–Trinajstić information content (AvgIpc) is 2.91. The van der Waals surface area contributed by atoms with Gasteiger partial charge in [0, 0.05) is 17.2 Å². The van der Waals surface area contributed by atoms with Gasteiger partial charge in [0.1, 0.15) is 17.5 Å². The molecule has 0 spiro atoms. The Morgan fingerprint density at radius 3 is 2.67 bits per heavy atom. The molecule has 1 aliphatic carbocycles. The van der Waals surface area contributed by atoms with Crippen LogP contribution in [-0.4, -0.2) is 9.97 Å². The first-order valence-electron chi connectivity index (χ1n) is 7.57. The van der Waals surface area contributed by atoms with Crippen molar-refractivity contribution in [3.05, 3.63) is 40.7 Å². The molecule has 0 unspecified atom stereocenters. The Hall–Kier alpha value is -2.10. The van der Waals surface area contributed by atoms with E-state index in [9.17, 15) is 0 Å². The molecule has 21 heavy (non-hydrogen) atoms. The monoisotopic (exact) mass is 282 g/mol. The second-order valence-corrected chi connectivity index (χ2v) is 6.06. The van der Waals surface area contributed by atoms with Crippen LogP contribution >= 0.6 is 0 Å². The highest BCUT2D eigenvalue weighted by molar-refractivity contribution is 5.65. The zero-order valence-electron chi connectivity index (χ0n) is 12.9. The summed E-state index contributed by atoms with van der Waals surface area (Å²) in [6, 6.07) is 6.57. The fraction of sp³-hybridized carbons (Fsp3) is 0.412. The zero-order valence-corrected chi connectivity index (χ0v) is 12.9. The summed E-state index contributed by atoms with van der Waals surface area (Å²) in [5.41, 5.74) is 10.9. The molecular weight excluding hydrogens is 260 g/mol. The topological polar surface area (TPSA) is 63.8 Å². The number of fused-ring (bicyclic) bond motifs is 1. The molecule has 1 aromatic heterocycles. The molecule has 4 nitrogen and oxygen atoms in total. The molecule has 0 saturated heterocycles. The third kappa shape index (κ3) is 2.71. The number of nitrogens with zero attached hydrogens (tertiary/aromatic N) is 2. The lowest BCUT2D eigenvalue weighted by Crippen LogP contribution is -2.08. The number of nitrogens with one attached hydrogen (secondary N) is 1. The fourth-order valence-corrected chi connectivity index (χ4v) is 2.72. The smallest absolute Gasteiger partial charge is 0.139 e. The van der Waals surface area contributed by atoms with Gasteiger partial charge in [0.2, 0.25) is 0 Å². The van der Waals surface area contributed by atoms with Crippen molar-refractivity contribution < 1.29 is 0 Å². The van der Waals surface area contributed by atoms with E-state index in [1.807, 2.05) is 6.92 Å². The molecule has 2 aromatic rings. The predicted molar refractivity (Wildman–Crippen MR) is 87.0 cm³/mol. The van der Waals surface area contributed by atoms with E-state index in [-0.39, 0.29) is 5.92 Å². The van der Waals surface area contributed by atoms with Crippen LogP contribution in [0.3, 0.4) is 0 Å². The summed E-state index contributed by atoms with van der Waals surface area (Å²) in [7, 11) is 0. The van der Waals surface area contributed by atoms with Crippen molar-refractivity contribution in [2.24, 2.45) is 0 Å². The number of anilines is 3. The Morgan fingerprint density at radius 2 is 1.90 bits per heavy atom. The summed E-state index contributed by atoms with van der Waals surface area (Å²) in [6.45, 7) is 6.10. The van der Waals surface area contributed by atoms with Crippen LogP contribution in [0.1, 0.15) is 48.7 Å². The molecule has 1 heterocycles. The summed E-state index contributed by atoms with van der Waals surface area (Å²) < 4.78 is 0. The van der Waals surface area contributed by atoms with Crippen LogP contribution in [0.4, 0.5) is 17.3 Å². The van der Waals surface area contributed by atoms with Gasteiger partial charge in [-0.15, -0.1) is 0 Å². The lowest BCUT2D eigenvalue weighted by atomic mass is 10.1. The SMILES string of the molecule is Cc1c(N)nc(C(C)C)nc1Nc1ccc2c(c1)CCC2. The van der Waals surface area contributed by atoms with Crippen molar-refractivity contribution in [2.45, 2.75) is 46.0 Å². The second kappa shape index (κ2) is 5.35. The Labute approximate surface area is 125 Å². The van der Waals surface area contributed by atoms with Gasteiger partial charge in [0.15, 0.2) is 0 Å². The first kappa shape index (κ1) is 13.9. The van der Waals surface area contributed by atoms with Crippen molar-refractivity contribution in [3.63, 3.8) is 0 Å². The van der Waals surface area contributed by atoms with Gasteiger partial charge in [-0.1, -0.05) is 19.9 Å². The standard InChI is InChI=1S/C17H22N4/c1-10(2)16-20-15(18)11(3)17(21-16)19-14-8-7-12-5-4-6-13(12)9-14/h7-10H,4-6H2,1-3H3,(H3,18,19,20,21). The van der Waals surface area contributed by atoms with Gasteiger partial charge >= 0.3 is 0 Å². The fourth-order valence-electron chi connectivity index (χ4n) is 2.72. The number of benzene rings is 1. The van der Waals surface area contributed by atoms with E-state index in [0.29, 0.717) is 5.82 Å². The Balaban J connectivity index is 1.94. The molecule has 0 aliphatic heterocycles. The lowest BCUT2D eigenvalue weighted by molar-refractivity contribution is 0.776. The van der Waals surface area contributed by atoms with Crippen LogP contribution < -0.4 is 11.1 Å². The number of hydrogen-bond donors (Lipinski definition) is 2. The molecule has 0 atom stereocenters. The van der Waals surface area contributed by atoms with E-state index < -0.39 is 0 Å². The minimum Gasteiger partial charge on any atom is -0.383 e. The third-order valence-electron chi connectivity index (χ3n) is 4.08. The maximum Gasteiger partial charge on any atom is 0.139 e. The highest BCUT2D eigenvalue weighted by Crippen LogP contribution is 2.28. The number of rotatable bonds is 3. The van der Waals surface area contributed by atoms with Crippen LogP contribution in [0.15, 0.2) is 18.2 Å². The van der Waals surface area contributed by atoms with Crippen molar-refractivity contribution in [1.82, 2.24) is 9.97 Å². The maximum absolute atomic E-state index is 6.01. The van der Waals surface area contributed by atoms with E-state index in [4.69, 9.17) is 5.73 Å². The van der Waals surface area contributed by atoms with Gasteiger partial charge in [0.25, 0.3) is 0 Å². The Bertz CT molecular complexity index is 677. The van der Waals surface area contributed by atoms with Gasteiger partial charge < -0.3 is 11.1 Å². The first-order chi connectivity index (χ1) is 10.0. The van der Waals surface area contributed by atoms with Crippen LogP contribution in [0, 0.1) is 6.92 Å². The largest absolute Gasteiger partial charge is 0.383 e. The van der Waals surface area contributed by atoms with Crippen LogP contribution in [-0.2, 0) is 12.8 Å². The lowest BCUT2D eigenvalue weighted by Gasteiger charge is -2.14. The van der Waals surface area contributed by atoms with Crippen LogP contribution in [0.2, 0.25) is 0 Å². The molecule has 0 bridgehead atoms. The molecule has 4 heteroatoms. The van der Waals surface area contributed by atoms with E-state index in [1.165, 1.54) is 30.4 Å². The molecule has 110 valence electrons. The van der Waals surface area contributed by atoms with Gasteiger partial charge in [-0.05, 0) is 49.4 Å². The molecule has 1 aromatic carbocycles. The quantitative estimate of drug-likeness (QED) is 0.900. The molecule has 1 aliphatic rings. The van der Waals surface area contributed by atoms with E-state index >= 15 is 0 Å². The van der Waals surface area contributed by atoms with Crippen molar-refractivity contribution >= 4 is 17.3 Å². The molecule has 3 rings (SSSR count). The summed E-state index contributed by atoms with van der Waals surface area (Å²) in [5.74, 6) is 2.40. The second-order valence-electron chi connectivity index (χ2n) is 6.06. The molecule has 0 radical (unpaired) electrons. The normalized spacial score (nSPS) is 13.5. The summed E-state index contributed by atoms with van der Waals surface area (Å²) in [5, 5.41) is 3.41. The molecule has 0 saturated carbocycles. The molecular formula is C17H22N4. The Kier molecular flexibility index (Phi) is 3.53. The number of aryl methyl sites for hydroxylation is 2. The van der Waals surface area contributed by atoms with Crippen LogP contribution in [0.5, 0.6) is 0 Å². The van der Waals surface area contributed by atoms with E-state index in [0.717, 1.165) is 22.9 Å². The van der Waals surface area contributed by atoms with Gasteiger partial charge in [0.05, 0.1) is 0 Å². The maximum atomic E-state index is 6.01. The number of hydrogen-bond acceptors (Lipinski definition) is 4. The summed E-state index contributed by atoms with van der Waals surface area (Å²) >= 11 is 0. The van der Waals surface area contributed by atoms with Crippen molar-refractivity contribution in [3.8, 4) is 0 Å². The number of nitrogen functional groups attached to an aromatic ring is 1. The van der Waals surface area contributed by atoms with Gasteiger partial charge in [-0.3, -0.25) is 0 Å². The predicted octanol–water partition coefficient (Wildman–Crippen LogP) is 3.72. The highest BCUT2D eigenvalue weighted by Gasteiger charge is 2.14. The van der Waals surface area contributed by atoms with Gasteiger partial charge in [-0.25, -0.2) is 9.97 Å². The Morgan fingerprint density at radius 1 is 1.14 bits per heavy atom. The minimum absolute atomic E-state index is 0.258. The van der Waals surface area contributed by atoms with E-state index in [1.54, 1.807) is 0 Å². The van der Waals surface area contributed by atoms with Crippen molar-refractivity contribution in [1.29, 1.82) is 0 Å². The highest BCUT2D eigenvalue weighted by atomic mass is 15.1. The zero-order chi connectivity index (χ0) is 15.0. The summed E-state index contributed by atoms with van der Waals surface area (Å²) in [6.07, 6.45) is 3.63. The minimum atomic E-state index is 0.258. The van der Waals surface area contributed by atoms with E-state index in [2.05, 4.69) is 47.3 Å². The van der Waals surface area contributed by atoms with Gasteiger partial charge in [-0.2, -0.15) is 0 Å². The summed E-state index contributed by atoms with van der Waals surface area (Å²) in [4.78, 5) is 8.98. The molecule has 0 fully saturated rings. The molecule has 3 N–H and O–H groups in total.